The van der Waals surface area contributed by atoms with Gasteiger partial charge in [0.05, 0.1) is 11.6 Å². The molecule has 2 N–H and O–H groups in total. The van der Waals surface area contributed by atoms with Crippen LogP contribution in [0.2, 0.25) is 0 Å². The van der Waals surface area contributed by atoms with Crippen LogP contribution in [0.25, 0.3) is 11.1 Å². The van der Waals surface area contributed by atoms with E-state index in [-0.39, 0.29) is 24.0 Å². The fourth-order valence-electron chi connectivity index (χ4n) is 2.10. The van der Waals surface area contributed by atoms with Crippen molar-refractivity contribution in [3.63, 3.8) is 0 Å². The monoisotopic (exact) mass is 406 g/mol. The molecule has 0 aliphatic carbocycles. The molecule has 0 amide bonds. The minimum Gasteiger partial charge on any atom is -0.359 e. The van der Waals surface area contributed by atoms with Gasteiger partial charge in [-0.25, -0.2) is 0 Å². The highest BCUT2D eigenvalue weighted by Gasteiger charge is 2.04. The molecule has 0 fully saturated rings. The first-order valence-corrected chi connectivity index (χ1v) is 6.75. The Morgan fingerprint density at radius 2 is 1.82 bits per heavy atom. The van der Waals surface area contributed by atoms with Gasteiger partial charge in [-0.15, -0.1) is 24.0 Å². The molecule has 0 heterocycles. The number of benzene rings is 2. The first kappa shape index (κ1) is 18.0. The molecule has 0 aliphatic heterocycles. The predicted octanol–water partition coefficient (Wildman–Crippen LogP) is 3.14. The van der Waals surface area contributed by atoms with Crippen LogP contribution in [-0.2, 0) is 6.54 Å². The van der Waals surface area contributed by atoms with E-state index in [2.05, 4.69) is 33.8 Å². The molecule has 114 valence electrons. The van der Waals surface area contributed by atoms with Gasteiger partial charge in [0, 0.05) is 20.6 Å². The maximum absolute atomic E-state index is 9.15. The van der Waals surface area contributed by atoms with E-state index in [1.165, 1.54) is 0 Å². The third-order valence-corrected chi connectivity index (χ3v) is 3.23. The van der Waals surface area contributed by atoms with E-state index in [1.807, 2.05) is 43.4 Å². The normalized spacial score (nSPS) is 10.3. The number of nitriles is 1. The van der Waals surface area contributed by atoms with Crippen LogP contribution in [0.1, 0.15) is 11.1 Å². The van der Waals surface area contributed by atoms with Crippen LogP contribution in [0.3, 0.4) is 0 Å². The van der Waals surface area contributed by atoms with Gasteiger partial charge in [0.15, 0.2) is 5.96 Å². The second kappa shape index (κ2) is 9.05. The van der Waals surface area contributed by atoms with Crippen LogP contribution in [0.15, 0.2) is 53.5 Å². The molecule has 0 aliphatic rings. The van der Waals surface area contributed by atoms with Crippen molar-refractivity contribution >= 4 is 29.9 Å². The summed E-state index contributed by atoms with van der Waals surface area (Å²) in [6, 6.07) is 18.0. The van der Waals surface area contributed by atoms with E-state index >= 15 is 0 Å². The summed E-state index contributed by atoms with van der Waals surface area (Å²) in [5.41, 5.74) is 3.86. The molecule has 2 rings (SSSR count). The zero-order valence-corrected chi connectivity index (χ0v) is 15.0. The SMILES string of the molecule is CN=C(NC)NCc1ccc(-c2ccccc2C#N)cc1.I. The standard InChI is InChI=1S/C17H18N4.HI/c1-19-17(20-2)21-12-13-7-9-14(10-8-13)16-6-4-3-5-15(16)11-18;/h3-10H,12H2,1-2H3,(H2,19,20,21);1H. The first-order valence-electron chi connectivity index (χ1n) is 6.75. The van der Waals surface area contributed by atoms with Gasteiger partial charge in [-0.05, 0) is 22.8 Å². The molecule has 5 heteroatoms. The molecule has 2 aromatic rings. The number of rotatable bonds is 3. The second-order valence-electron chi connectivity index (χ2n) is 4.53. The number of aliphatic imine (C=N–C) groups is 1. The van der Waals surface area contributed by atoms with Crippen LogP contribution >= 0.6 is 24.0 Å². The molecular formula is C17H19IN4. The Labute approximate surface area is 148 Å². The van der Waals surface area contributed by atoms with Crippen LogP contribution < -0.4 is 10.6 Å². The van der Waals surface area contributed by atoms with Crippen molar-refractivity contribution in [2.24, 2.45) is 4.99 Å². The third-order valence-electron chi connectivity index (χ3n) is 3.23. The molecule has 22 heavy (non-hydrogen) atoms. The number of hydrogen-bond donors (Lipinski definition) is 2. The fourth-order valence-corrected chi connectivity index (χ4v) is 2.10. The zero-order valence-electron chi connectivity index (χ0n) is 12.6. The Balaban J connectivity index is 0.00000242. The van der Waals surface area contributed by atoms with E-state index in [4.69, 9.17) is 5.26 Å². The summed E-state index contributed by atoms with van der Waals surface area (Å²) in [6.45, 7) is 0.702. The van der Waals surface area contributed by atoms with Gasteiger partial charge in [0.2, 0.25) is 0 Å². The Morgan fingerprint density at radius 3 is 2.41 bits per heavy atom. The average Bonchev–Trinajstić information content (AvgIpc) is 2.56. The van der Waals surface area contributed by atoms with Crippen molar-refractivity contribution in [1.29, 1.82) is 5.26 Å². The predicted molar refractivity (Wildman–Crippen MR) is 101 cm³/mol. The molecule has 2 aromatic carbocycles. The molecule has 0 aromatic heterocycles. The van der Waals surface area contributed by atoms with Crippen molar-refractivity contribution in [1.82, 2.24) is 10.6 Å². The lowest BCUT2D eigenvalue weighted by Gasteiger charge is -2.09. The minimum atomic E-state index is 0. The van der Waals surface area contributed by atoms with Crippen molar-refractivity contribution in [3.8, 4) is 17.2 Å². The largest absolute Gasteiger partial charge is 0.359 e. The average molecular weight is 406 g/mol. The summed E-state index contributed by atoms with van der Waals surface area (Å²) in [5.74, 6) is 0.758. The lowest BCUT2D eigenvalue weighted by atomic mass is 9.99. The Morgan fingerprint density at radius 1 is 1.14 bits per heavy atom. The summed E-state index contributed by atoms with van der Waals surface area (Å²) in [5, 5.41) is 15.3. The highest BCUT2D eigenvalue weighted by molar-refractivity contribution is 14.0. The molecule has 0 saturated heterocycles. The van der Waals surface area contributed by atoms with E-state index in [9.17, 15) is 0 Å². The third kappa shape index (κ3) is 4.46. The molecule has 0 spiro atoms. The highest BCUT2D eigenvalue weighted by Crippen LogP contribution is 2.23. The van der Waals surface area contributed by atoms with Crippen molar-refractivity contribution < 1.29 is 0 Å². The molecule has 0 atom stereocenters. The molecule has 0 bridgehead atoms. The van der Waals surface area contributed by atoms with E-state index < -0.39 is 0 Å². The number of hydrogen-bond acceptors (Lipinski definition) is 2. The second-order valence-corrected chi connectivity index (χ2v) is 4.53. The van der Waals surface area contributed by atoms with Gasteiger partial charge in [-0.3, -0.25) is 4.99 Å². The molecule has 0 unspecified atom stereocenters. The van der Waals surface area contributed by atoms with Gasteiger partial charge < -0.3 is 10.6 Å². The summed E-state index contributed by atoms with van der Waals surface area (Å²) in [7, 11) is 3.57. The maximum Gasteiger partial charge on any atom is 0.190 e. The van der Waals surface area contributed by atoms with Crippen LogP contribution in [0.4, 0.5) is 0 Å². The molecule has 0 saturated carbocycles. The molecule has 4 nitrogen and oxygen atoms in total. The summed E-state index contributed by atoms with van der Waals surface area (Å²) < 4.78 is 0. The van der Waals surface area contributed by atoms with Gasteiger partial charge in [0.25, 0.3) is 0 Å². The topological polar surface area (TPSA) is 60.2 Å². The quantitative estimate of drug-likeness (QED) is 0.468. The first-order chi connectivity index (χ1) is 10.3. The zero-order chi connectivity index (χ0) is 15.1. The summed E-state index contributed by atoms with van der Waals surface area (Å²) >= 11 is 0. The highest BCUT2D eigenvalue weighted by atomic mass is 127. The lowest BCUT2D eigenvalue weighted by molar-refractivity contribution is 0.866. The van der Waals surface area contributed by atoms with Crippen molar-refractivity contribution in [2.75, 3.05) is 14.1 Å². The van der Waals surface area contributed by atoms with Crippen molar-refractivity contribution in [3.05, 3.63) is 59.7 Å². The smallest absolute Gasteiger partial charge is 0.190 e. The lowest BCUT2D eigenvalue weighted by Crippen LogP contribution is -2.34. The number of nitrogens with zero attached hydrogens (tertiary/aromatic N) is 2. The fraction of sp³-hybridized carbons (Fsp3) is 0.176. The number of nitrogens with one attached hydrogen (secondary N) is 2. The van der Waals surface area contributed by atoms with E-state index in [1.54, 1.807) is 7.05 Å². The maximum atomic E-state index is 9.15. The Kier molecular flexibility index (Phi) is 7.40. The minimum absolute atomic E-state index is 0. The molecule has 0 radical (unpaired) electrons. The Hall–Kier alpha value is -2.07. The number of guanidine groups is 1. The van der Waals surface area contributed by atoms with Gasteiger partial charge in [-0.1, -0.05) is 42.5 Å². The van der Waals surface area contributed by atoms with Gasteiger partial charge in [-0.2, -0.15) is 5.26 Å². The Bertz CT molecular complexity index is 672. The molecular weight excluding hydrogens is 387 g/mol. The van der Waals surface area contributed by atoms with E-state index in [0.717, 1.165) is 22.6 Å². The van der Waals surface area contributed by atoms with E-state index in [0.29, 0.717) is 12.1 Å². The van der Waals surface area contributed by atoms with Crippen LogP contribution in [0.5, 0.6) is 0 Å². The van der Waals surface area contributed by atoms with Crippen LogP contribution in [-0.4, -0.2) is 20.1 Å². The summed E-state index contributed by atoms with van der Waals surface area (Å²) in [4.78, 5) is 4.07. The van der Waals surface area contributed by atoms with Crippen LogP contribution in [0, 0.1) is 11.3 Å². The van der Waals surface area contributed by atoms with Crippen molar-refractivity contribution in [2.45, 2.75) is 6.54 Å². The van der Waals surface area contributed by atoms with Gasteiger partial charge >= 0.3 is 0 Å². The van der Waals surface area contributed by atoms with Gasteiger partial charge in [0.1, 0.15) is 0 Å². The number of halogens is 1. The summed E-state index contributed by atoms with van der Waals surface area (Å²) in [6.07, 6.45) is 0.